The fraction of sp³-hybridized carbons (Fsp3) is 1.00. The smallest absolute Gasteiger partial charge is 0.158 e. The van der Waals surface area contributed by atoms with Gasteiger partial charge in [0.15, 0.2) is 6.29 Å². The largest absolute Gasteiger partial charge is 0.378 e. The lowest BCUT2D eigenvalue weighted by atomic mass is 9.98. The zero-order chi connectivity index (χ0) is 12.9. The van der Waals surface area contributed by atoms with Crippen LogP contribution in [0.5, 0.6) is 0 Å². The molecule has 0 spiro atoms. The summed E-state index contributed by atoms with van der Waals surface area (Å²) in [6, 6.07) is 0.263. The highest BCUT2D eigenvalue weighted by Gasteiger charge is 2.35. The summed E-state index contributed by atoms with van der Waals surface area (Å²) in [6.07, 6.45) is 0.592. The van der Waals surface area contributed by atoms with Crippen LogP contribution < -0.4 is 5.73 Å². The van der Waals surface area contributed by atoms with Gasteiger partial charge in [0.25, 0.3) is 0 Å². The van der Waals surface area contributed by atoms with Gasteiger partial charge < -0.3 is 19.9 Å². The van der Waals surface area contributed by atoms with E-state index in [1.807, 2.05) is 0 Å². The second-order valence-electron chi connectivity index (χ2n) is 5.08. The fourth-order valence-electron chi connectivity index (χ4n) is 2.41. The number of hydrogen-bond acceptors (Lipinski definition) is 5. The van der Waals surface area contributed by atoms with Crippen LogP contribution in [0.3, 0.4) is 0 Å². The predicted octanol–water partition coefficient (Wildman–Crippen LogP) is 0.434. The second kappa shape index (κ2) is 6.66. The first-order valence-electron chi connectivity index (χ1n) is 6.15. The average Bonchev–Trinajstić information content (AvgIpc) is 2.31. The van der Waals surface area contributed by atoms with Crippen LogP contribution in [0.15, 0.2) is 0 Å². The zero-order valence-electron chi connectivity index (χ0n) is 11.4. The Hall–Kier alpha value is -0.200. The molecule has 1 heterocycles. The van der Waals surface area contributed by atoms with E-state index in [1.54, 1.807) is 14.2 Å². The maximum atomic E-state index is 5.89. The first-order valence-corrected chi connectivity index (χ1v) is 6.15. The van der Waals surface area contributed by atoms with Gasteiger partial charge in [0.2, 0.25) is 0 Å². The maximum absolute atomic E-state index is 5.89. The third-order valence-corrected chi connectivity index (χ3v) is 3.41. The van der Waals surface area contributed by atoms with Crippen LogP contribution in [0.1, 0.15) is 20.3 Å². The minimum Gasteiger partial charge on any atom is -0.378 e. The Labute approximate surface area is 104 Å². The van der Waals surface area contributed by atoms with Gasteiger partial charge in [-0.1, -0.05) is 0 Å². The molecular weight excluding hydrogens is 220 g/mol. The van der Waals surface area contributed by atoms with Crippen molar-refractivity contribution in [2.75, 3.05) is 40.5 Å². The van der Waals surface area contributed by atoms with E-state index in [1.165, 1.54) is 0 Å². The summed E-state index contributed by atoms with van der Waals surface area (Å²) in [5.74, 6) is 0. The summed E-state index contributed by atoms with van der Waals surface area (Å²) in [5.41, 5.74) is 5.91. The van der Waals surface area contributed by atoms with Gasteiger partial charge in [0, 0.05) is 45.3 Å². The number of hydrogen-bond donors (Lipinski definition) is 1. The van der Waals surface area contributed by atoms with Crippen LogP contribution in [0.25, 0.3) is 0 Å². The minimum absolute atomic E-state index is 0.0221. The van der Waals surface area contributed by atoms with Crippen molar-refractivity contribution in [1.29, 1.82) is 0 Å². The molecule has 5 nitrogen and oxygen atoms in total. The normalized spacial score (nSPS) is 22.9. The molecule has 1 aliphatic rings. The van der Waals surface area contributed by atoms with E-state index < -0.39 is 0 Å². The summed E-state index contributed by atoms with van der Waals surface area (Å²) < 4.78 is 16.0. The Morgan fingerprint density at radius 2 is 2.00 bits per heavy atom. The lowest BCUT2D eigenvalue weighted by Crippen LogP contribution is -2.59. The molecule has 1 unspecified atom stereocenters. The third-order valence-electron chi connectivity index (χ3n) is 3.41. The molecule has 0 aromatic carbocycles. The molecule has 17 heavy (non-hydrogen) atoms. The Bertz CT molecular complexity index is 220. The van der Waals surface area contributed by atoms with Crippen LogP contribution in [0, 0.1) is 0 Å². The molecule has 1 rings (SSSR count). The molecule has 0 bridgehead atoms. The van der Waals surface area contributed by atoms with Gasteiger partial charge in [-0.05, 0) is 13.8 Å². The number of ether oxygens (including phenoxy) is 3. The van der Waals surface area contributed by atoms with E-state index >= 15 is 0 Å². The summed E-state index contributed by atoms with van der Waals surface area (Å²) >= 11 is 0. The summed E-state index contributed by atoms with van der Waals surface area (Å²) in [5, 5.41) is 0. The Morgan fingerprint density at radius 1 is 1.35 bits per heavy atom. The highest BCUT2D eigenvalue weighted by atomic mass is 16.7. The first kappa shape index (κ1) is 14.9. The van der Waals surface area contributed by atoms with E-state index in [9.17, 15) is 0 Å². The topological polar surface area (TPSA) is 57.0 Å². The van der Waals surface area contributed by atoms with E-state index in [2.05, 4.69) is 18.7 Å². The van der Waals surface area contributed by atoms with Gasteiger partial charge in [0.1, 0.15) is 0 Å². The van der Waals surface area contributed by atoms with Crippen LogP contribution in [-0.4, -0.2) is 63.3 Å². The Balaban J connectivity index is 2.64. The number of rotatable bonds is 6. The van der Waals surface area contributed by atoms with E-state index in [0.717, 1.165) is 26.2 Å². The van der Waals surface area contributed by atoms with Crippen LogP contribution in [0.4, 0.5) is 0 Å². The SMILES string of the molecule is COC(CC(CN)N1CCOCC1(C)C)OC. The van der Waals surface area contributed by atoms with Crippen molar-refractivity contribution in [1.82, 2.24) is 4.90 Å². The zero-order valence-corrected chi connectivity index (χ0v) is 11.4. The molecule has 0 saturated carbocycles. The highest BCUT2D eigenvalue weighted by molar-refractivity contribution is 4.90. The van der Waals surface area contributed by atoms with Gasteiger partial charge >= 0.3 is 0 Å². The third kappa shape index (κ3) is 3.89. The van der Waals surface area contributed by atoms with Crippen molar-refractivity contribution < 1.29 is 14.2 Å². The van der Waals surface area contributed by atoms with Crippen molar-refractivity contribution in [3.63, 3.8) is 0 Å². The van der Waals surface area contributed by atoms with Crippen molar-refractivity contribution in [3.8, 4) is 0 Å². The van der Waals surface area contributed by atoms with Gasteiger partial charge in [-0.25, -0.2) is 0 Å². The lowest BCUT2D eigenvalue weighted by molar-refractivity contribution is -0.133. The molecule has 0 aliphatic carbocycles. The molecule has 1 saturated heterocycles. The van der Waals surface area contributed by atoms with Gasteiger partial charge in [-0.3, -0.25) is 4.90 Å². The highest BCUT2D eigenvalue weighted by Crippen LogP contribution is 2.24. The molecular formula is C12H26N2O3. The Morgan fingerprint density at radius 3 is 2.47 bits per heavy atom. The minimum atomic E-state index is -0.192. The van der Waals surface area contributed by atoms with Crippen molar-refractivity contribution in [3.05, 3.63) is 0 Å². The Kier molecular flexibility index (Phi) is 5.82. The summed E-state index contributed by atoms with van der Waals surface area (Å²) in [6.45, 7) is 7.40. The molecule has 0 amide bonds. The molecule has 1 fully saturated rings. The van der Waals surface area contributed by atoms with Crippen molar-refractivity contribution in [2.45, 2.75) is 38.1 Å². The number of nitrogens with two attached hydrogens (primary N) is 1. The van der Waals surface area contributed by atoms with Gasteiger partial charge in [-0.2, -0.15) is 0 Å². The first-order chi connectivity index (χ1) is 8.05. The second-order valence-corrected chi connectivity index (χ2v) is 5.08. The number of methoxy groups -OCH3 is 2. The van der Waals surface area contributed by atoms with Crippen LogP contribution in [-0.2, 0) is 14.2 Å². The predicted molar refractivity (Wildman–Crippen MR) is 66.9 cm³/mol. The summed E-state index contributed by atoms with van der Waals surface area (Å²) in [4.78, 5) is 2.40. The van der Waals surface area contributed by atoms with Crippen molar-refractivity contribution >= 4 is 0 Å². The quantitative estimate of drug-likeness (QED) is 0.689. The lowest BCUT2D eigenvalue weighted by Gasteiger charge is -2.46. The monoisotopic (exact) mass is 246 g/mol. The molecule has 1 aliphatic heterocycles. The molecule has 0 aromatic heterocycles. The number of morpholine rings is 1. The molecule has 102 valence electrons. The molecule has 5 heteroatoms. The maximum Gasteiger partial charge on any atom is 0.158 e. The molecule has 0 radical (unpaired) electrons. The standard InChI is InChI=1S/C12H26N2O3/c1-12(2)9-17-6-5-14(12)10(8-13)7-11(15-3)16-4/h10-11H,5-9,13H2,1-4H3. The van der Waals surface area contributed by atoms with Crippen molar-refractivity contribution in [2.24, 2.45) is 5.73 Å². The van der Waals surface area contributed by atoms with E-state index in [-0.39, 0.29) is 17.9 Å². The molecule has 0 aromatic rings. The average molecular weight is 246 g/mol. The van der Waals surface area contributed by atoms with Crippen LogP contribution >= 0.6 is 0 Å². The van der Waals surface area contributed by atoms with Gasteiger partial charge in [0.05, 0.1) is 13.2 Å². The molecule has 2 N–H and O–H groups in total. The van der Waals surface area contributed by atoms with Crippen LogP contribution in [0.2, 0.25) is 0 Å². The van der Waals surface area contributed by atoms with E-state index in [0.29, 0.717) is 6.54 Å². The van der Waals surface area contributed by atoms with E-state index in [4.69, 9.17) is 19.9 Å². The van der Waals surface area contributed by atoms with Gasteiger partial charge in [-0.15, -0.1) is 0 Å². The number of nitrogens with zero attached hydrogens (tertiary/aromatic N) is 1. The fourth-order valence-corrected chi connectivity index (χ4v) is 2.41. The summed E-state index contributed by atoms with van der Waals surface area (Å²) in [7, 11) is 3.32. The molecule has 1 atom stereocenters.